The first-order valence-corrected chi connectivity index (χ1v) is 6.53. The van der Waals surface area contributed by atoms with Gasteiger partial charge in [-0.25, -0.2) is 0 Å². The molecule has 0 heterocycles. The zero-order chi connectivity index (χ0) is 14.5. The van der Waals surface area contributed by atoms with E-state index < -0.39 is 11.6 Å². The quantitative estimate of drug-likeness (QED) is 0.481. The Balaban J connectivity index is 2.09. The zero-order valence-electron chi connectivity index (χ0n) is 11.0. The van der Waals surface area contributed by atoms with Gasteiger partial charge >= 0.3 is 0 Å². The van der Waals surface area contributed by atoms with Crippen molar-refractivity contribution in [2.24, 2.45) is 0 Å². The minimum atomic E-state index is -0.548. The third-order valence-corrected chi connectivity index (χ3v) is 3.09. The second-order valence-corrected chi connectivity index (χ2v) is 4.88. The summed E-state index contributed by atoms with van der Waals surface area (Å²) in [6.45, 7) is 1.99. The molecule has 3 heteroatoms. The molecule has 0 aliphatic heterocycles. The molecule has 0 N–H and O–H groups in total. The number of benzene rings is 2. The predicted octanol–water partition coefficient (Wildman–Crippen LogP) is 4.11. The third kappa shape index (κ3) is 3.65. The number of hydrogen-bond donors (Lipinski definition) is 0. The molecule has 2 aromatic rings. The Kier molecular flexibility index (Phi) is 4.49. The standard InChI is InChI=1S/C17H13ClO2/c1-12-2-4-13(5-3-12)6-11-16(19)17(20)14-7-9-15(18)10-8-14/h2-11H,1H3/b11-6+. The van der Waals surface area contributed by atoms with Gasteiger partial charge in [-0.15, -0.1) is 0 Å². The van der Waals surface area contributed by atoms with Gasteiger partial charge in [-0.2, -0.15) is 0 Å². The summed E-state index contributed by atoms with van der Waals surface area (Å²) in [7, 11) is 0. The zero-order valence-corrected chi connectivity index (χ0v) is 11.7. The fraction of sp³-hybridized carbons (Fsp3) is 0.0588. The molecular weight excluding hydrogens is 272 g/mol. The van der Waals surface area contributed by atoms with Crippen LogP contribution in [0.25, 0.3) is 6.08 Å². The summed E-state index contributed by atoms with van der Waals surface area (Å²) in [6, 6.07) is 14.0. The van der Waals surface area contributed by atoms with Crippen molar-refractivity contribution in [2.45, 2.75) is 6.92 Å². The number of carbonyl (C=O) groups excluding carboxylic acids is 2. The molecule has 0 atom stereocenters. The molecule has 0 aliphatic carbocycles. The maximum absolute atomic E-state index is 11.9. The first kappa shape index (κ1) is 14.2. The number of carbonyl (C=O) groups is 2. The first-order chi connectivity index (χ1) is 9.56. The summed E-state index contributed by atoms with van der Waals surface area (Å²) in [5.74, 6) is -1.09. The van der Waals surface area contributed by atoms with Gasteiger partial charge in [0.25, 0.3) is 0 Å². The van der Waals surface area contributed by atoms with Crippen molar-refractivity contribution in [3.05, 3.63) is 76.3 Å². The summed E-state index contributed by atoms with van der Waals surface area (Å²) in [4.78, 5) is 23.7. The topological polar surface area (TPSA) is 34.1 Å². The molecule has 2 nitrogen and oxygen atoms in total. The monoisotopic (exact) mass is 284 g/mol. The number of Topliss-reactive ketones (excluding diaryl/α,β-unsaturated/α-hetero) is 1. The van der Waals surface area contributed by atoms with E-state index in [9.17, 15) is 9.59 Å². The van der Waals surface area contributed by atoms with E-state index >= 15 is 0 Å². The second kappa shape index (κ2) is 6.31. The molecule has 0 saturated heterocycles. The fourth-order valence-corrected chi connectivity index (χ4v) is 1.79. The van der Waals surface area contributed by atoms with Crippen LogP contribution in [0.3, 0.4) is 0 Å². The maximum atomic E-state index is 11.9. The molecule has 0 spiro atoms. The highest BCUT2D eigenvalue weighted by Crippen LogP contribution is 2.11. The van der Waals surface area contributed by atoms with Gasteiger partial charge in [0.05, 0.1) is 0 Å². The average Bonchev–Trinajstić information content (AvgIpc) is 2.46. The minimum absolute atomic E-state index is 0.341. The van der Waals surface area contributed by atoms with E-state index in [1.807, 2.05) is 31.2 Å². The van der Waals surface area contributed by atoms with E-state index in [2.05, 4.69) is 0 Å². The molecule has 2 rings (SSSR count). The fourth-order valence-electron chi connectivity index (χ4n) is 1.67. The van der Waals surface area contributed by atoms with Crippen LogP contribution in [0, 0.1) is 6.92 Å². The van der Waals surface area contributed by atoms with Crippen molar-refractivity contribution in [3.63, 3.8) is 0 Å². The van der Waals surface area contributed by atoms with Crippen molar-refractivity contribution in [3.8, 4) is 0 Å². The molecule has 0 aliphatic rings. The molecule has 0 bridgehead atoms. The van der Waals surface area contributed by atoms with Crippen LogP contribution >= 0.6 is 11.6 Å². The molecule has 0 aromatic heterocycles. The van der Waals surface area contributed by atoms with Crippen LogP contribution in [-0.4, -0.2) is 11.6 Å². The molecule has 0 amide bonds. The molecule has 0 unspecified atom stereocenters. The van der Waals surface area contributed by atoms with Gasteiger partial charge in [0.15, 0.2) is 0 Å². The SMILES string of the molecule is Cc1ccc(/C=C/C(=O)C(=O)c2ccc(Cl)cc2)cc1. The summed E-state index contributed by atoms with van der Waals surface area (Å²) >= 11 is 5.74. The Morgan fingerprint density at radius 1 is 0.950 bits per heavy atom. The predicted molar refractivity (Wildman–Crippen MR) is 81.0 cm³/mol. The number of allylic oxidation sites excluding steroid dienone is 1. The third-order valence-electron chi connectivity index (χ3n) is 2.83. The highest BCUT2D eigenvalue weighted by molar-refractivity contribution is 6.48. The van der Waals surface area contributed by atoms with Crippen LogP contribution in [0.4, 0.5) is 0 Å². The maximum Gasteiger partial charge on any atom is 0.232 e. The smallest absolute Gasteiger partial charge is 0.232 e. The van der Waals surface area contributed by atoms with Crippen LogP contribution in [-0.2, 0) is 4.79 Å². The van der Waals surface area contributed by atoms with Crippen LogP contribution in [0.5, 0.6) is 0 Å². The number of ketones is 2. The molecule has 20 heavy (non-hydrogen) atoms. The molecule has 0 saturated carbocycles. The lowest BCUT2D eigenvalue weighted by atomic mass is 10.1. The van der Waals surface area contributed by atoms with Crippen LogP contribution in [0.15, 0.2) is 54.6 Å². The van der Waals surface area contributed by atoms with Gasteiger partial charge in [-0.1, -0.05) is 47.5 Å². The molecular formula is C17H13ClO2. The van der Waals surface area contributed by atoms with E-state index in [1.165, 1.54) is 6.08 Å². The summed E-state index contributed by atoms with van der Waals surface area (Å²) in [5, 5.41) is 0.532. The van der Waals surface area contributed by atoms with E-state index in [4.69, 9.17) is 11.6 Å². The van der Waals surface area contributed by atoms with Crippen LogP contribution in [0.1, 0.15) is 21.5 Å². The summed E-state index contributed by atoms with van der Waals surface area (Å²) in [5.41, 5.74) is 2.37. The summed E-state index contributed by atoms with van der Waals surface area (Å²) < 4.78 is 0. The molecule has 0 radical (unpaired) electrons. The Morgan fingerprint density at radius 2 is 1.55 bits per heavy atom. The van der Waals surface area contributed by atoms with Crippen LogP contribution < -0.4 is 0 Å². The van der Waals surface area contributed by atoms with Crippen molar-refractivity contribution in [2.75, 3.05) is 0 Å². The average molecular weight is 285 g/mol. The Hall–Kier alpha value is -2.19. The van der Waals surface area contributed by atoms with Gasteiger partial charge in [0.1, 0.15) is 0 Å². The van der Waals surface area contributed by atoms with Gasteiger partial charge in [-0.05, 0) is 42.8 Å². The molecule has 0 fully saturated rings. The van der Waals surface area contributed by atoms with E-state index in [-0.39, 0.29) is 0 Å². The minimum Gasteiger partial charge on any atom is -0.286 e. The molecule has 100 valence electrons. The Bertz CT molecular complexity index is 652. The molecule has 2 aromatic carbocycles. The highest BCUT2D eigenvalue weighted by atomic mass is 35.5. The summed E-state index contributed by atoms with van der Waals surface area (Å²) in [6.07, 6.45) is 2.93. The van der Waals surface area contributed by atoms with Crippen molar-refractivity contribution < 1.29 is 9.59 Å². The van der Waals surface area contributed by atoms with E-state index in [0.717, 1.165) is 11.1 Å². The Labute approximate surface area is 122 Å². The lowest BCUT2D eigenvalue weighted by molar-refractivity contribution is -0.110. The number of rotatable bonds is 4. The van der Waals surface area contributed by atoms with E-state index in [1.54, 1.807) is 30.3 Å². The number of aryl methyl sites for hydroxylation is 1. The number of halogens is 1. The number of hydrogen-bond acceptors (Lipinski definition) is 2. The normalized spacial score (nSPS) is 10.7. The van der Waals surface area contributed by atoms with Crippen molar-refractivity contribution >= 4 is 29.2 Å². The first-order valence-electron chi connectivity index (χ1n) is 6.15. The lowest BCUT2D eigenvalue weighted by Crippen LogP contribution is -2.10. The van der Waals surface area contributed by atoms with Gasteiger partial charge in [0.2, 0.25) is 11.6 Å². The van der Waals surface area contributed by atoms with Crippen molar-refractivity contribution in [1.82, 2.24) is 0 Å². The second-order valence-electron chi connectivity index (χ2n) is 4.44. The lowest BCUT2D eigenvalue weighted by Gasteiger charge is -1.97. The van der Waals surface area contributed by atoms with Gasteiger partial charge in [-0.3, -0.25) is 9.59 Å². The largest absolute Gasteiger partial charge is 0.286 e. The highest BCUT2D eigenvalue weighted by Gasteiger charge is 2.12. The van der Waals surface area contributed by atoms with Crippen molar-refractivity contribution in [1.29, 1.82) is 0 Å². The Morgan fingerprint density at radius 3 is 2.15 bits per heavy atom. The van der Waals surface area contributed by atoms with E-state index in [0.29, 0.717) is 10.6 Å². The van der Waals surface area contributed by atoms with Crippen LogP contribution in [0.2, 0.25) is 5.02 Å². The van der Waals surface area contributed by atoms with Gasteiger partial charge < -0.3 is 0 Å². The van der Waals surface area contributed by atoms with Gasteiger partial charge in [0, 0.05) is 10.6 Å².